The molecule has 1 amide bonds. The van der Waals surface area contributed by atoms with Crippen LogP contribution < -0.4 is 15.4 Å². The standard InChI is InChI=1S/C13H15N3O2S/c1-18-9-3-2-4-10-12(9)15-13(19-10)16-7-8(6-14)5-11(16)17/h2-4,8H,5-7,14H2,1H3. The molecule has 1 aliphatic heterocycles. The molecular formula is C13H15N3O2S. The fourth-order valence-electron chi connectivity index (χ4n) is 2.32. The number of thiazole rings is 1. The van der Waals surface area contributed by atoms with E-state index in [0.29, 0.717) is 19.5 Å². The smallest absolute Gasteiger partial charge is 0.229 e. The lowest BCUT2D eigenvalue weighted by Gasteiger charge is -2.11. The van der Waals surface area contributed by atoms with Crippen LogP contribution in [0, 0.1) is 5.92 Å². The number of nitrogens with zero attached hydrogens (tertiary/aromatic N) is 2. The van der Waals surface area contributed by atoms with Gasteiger partial charge in [0.05, 0.1) is 11.8 Å². The van der Waals surface area contributed by atoms with Crippen LogP contribution in [-0.2, 0) is 4.79 Å². The van der Waals surface area contributed by atoms with Crippen LogP contribution >= 0.6 is 11.3 Å². The molecule has 2 N–H and O–H groups in total. The molecular weight excluding hydrogens is 262 g/mol. The van der Waals surface area contributed by atoms with Gasteiger partial charge in [-0.2, -0.15) is 0 Å². The number of anilines is 1. The van der Waals surface area contributed by atoms with Gasteiger partial charge in [0.15, 0.2) is 5.13 Å². The monoisotopic (exact) mass is 277 g/mol. The minimum Gasteiger partial charge on any atom is -0.494 e. The van der Waals surface area contributed by atoms with E-state index in [1.807, 2.05) is 18.2 Å². The molecule has 0 aliphatic carbocycles. The molecule has 0 spiro atoms. The van der Waals surface area contributed by atoms with Crippen molar-refractivity contribution in [3.63, 3.8) is 0 Å². The second-order valence-electron chi connectivity index (χ2n) is 4.61. The number of carbonyl (C=O) groups excluding carboxylic acids is 1. The molecule has 3 rings (SSSR count). The van der Waals surface area contributed by atoms with Crippen molar-refractivity contribution in [2.24, 2.45) is 11.7 Å². The highest BCUT2D eigenvalue weighted by molar-refractivity contribution is 7.22. The molecule has 100 valence electrons. The van der Waals surface area contributed by atoms with Crippen molar-refractivity contribution in [3.8, 4) is 5.75 Å². The van der Waals surface area contributed by atoms with Gasteiger partial charge in [0.1, 0.15) is 11.3 Å². The van der Waals surface area contributed by atoms with Gasteiger partial charge >= 0.3 is 0 Å². The van der Waals surface area contributed by atoms with Crippen LogP contribution in [-0.4, -0.2) is 31.1 Å². The van der Waals surface area contributed by atoms with Crippen molar-refractivity contribution in [1.29, 1.82) is 0 Å². The second kappa shape index (κ2) is 4.79. The molecule has 1 saturated heterocycles. The normalized spacial score (nSPS) is 19.4. The molecule has 5 nitrogen and oxygen atoms in total. The zero-order valence-corrected chi connectivity index (χ0v) is 11.4. The minimum absolute atomic E-state index is 0.105. The molecule has 2 aromatic rings. The number of hydrogen-bond acceptors (Lipinski definition) is 5. The summed E-state index contributed by atoms with van der Waals surface area (Å²) >= 11 is 1.51. The van der Waals surface area contributed by atoms with Gasteiger partial charge in [-0.1, -0.05) is 17.4 Å². The maximum atomic E-state index is 12.0. The first kappa shape index (κ1) is 12.4. The number of fused-ring (bicyclic) bond motifs is 1. The molecule has 1 aromatic heterocycles. The zero-order valence-electron chi connectivity index (χ0n) is 10.6. The number of amides is 1. The van der Waals surface area contributed by atoms with Gasteiger partial charge < -0.3 is 10.5 Å². The van der Waals surface area contributed by atoms with Gasteiger partial charge in [-0.15, -0.1) is 0 Å². The molecule has 0 bridgehead atoms. The quantitative estimate of drug-likeness (QED) is 0.925. The van der Waals surface area contributed by atoms with Crippen molar-refractivity contribution in [1.82, 2.24) is 4.98 Å². The molecule has 1 unspecified atom stereocenters. The summed E-state index contributed by atoms with van der Waals surface area (Å²) in [5.41, 5.74) is 6.46. The summed E-state index contributed by atoms with van der Waals surface area (Å²) in [7, 11) is 1.62. The van der Waals surface area contributed by atoms with Crippen LogP contribution in [0.3, 0.4) is 0 Å². The molecule has 0 radical (unpaired) electrons. The van der Waals surface area contributed by atoms with E-state index in [1.54, 1.807) is 12.0 Å². The first-order valence-corrected chi connectivity index (χ1v) is 6.98. The van der Waals surface area contributed by atoms with E-state index in [-0.39, 0.29) is 11.8 Å². The summed E-state index contributed by atoms with van der Waals surface area (Å²) in [4.78, 5) is 18.3. The summed E-state index contributed by atoms with van der Waals surface area (Å²) in [6.07, 6.45) is 0.517. The third kappa shape index (κ3) is 2.06. The largest absolute Gasteiger partial charge is 0.494 e. The third-order valence-electron chi connectivity index (χ3n) is 3.36. The number of nitrogens with two attached hydrogens (primary N) is 1. The molecule has 19 heavy (non-hydrogen) atoms. The molecule has 6 heteroatoms. The van der Waals surface area contributed by atoms with E-state index < -0.39 is 0 Å². The first-order valence-electron chi connectivity index (χ1n) is 6.17. The molecule has 1 fully saturated rings. The van der Waals surface area contributed by atoms with Gasteiger partial charge in [0.2, 0.25) is 5.91 Å². The lowest BCUT2D eigenvalue weighted by molar-refractivity contribution is -0.117. The fraction of sp³-hybridized carbons (Fsp3) is 0.385. The maximum Gasteiger partial charge on any atom is 0.229 e. The maximum absolute atomic E-state index is 12.0. The predicted octanol–water partition coefficient (Wildman–Crippen LogP) is 1.62. The molecule has 0 saturated carbocycles. The van der Waals surface area contributed by atoms with Crippen molar-refractivity contribution in [2.45, 2.75) is 6.42 Å². The number of aromatic nitrogens is 1. The van der Waals surface area contributed by atoms with E-state index in [0.717, 1.165) is 21.1 Å². The number of rotatable bonds is 3. The van der Waals surface area contributed by atoms with Crippen LogP contribution in [0.2, 0.25) is 0 Å². The predicted molar refractivity (Wildman–Crippen MR) is 75.7 cm³/mol. The third-order valence-corrected chi connectivity index (χ3v) is 4.40. The van der Waals surface area contributed by atoms with E-state index in [1.165, 1.54) is 11.3 Å². The van der Waals surface area contributed by atoms with Crippen LogP contribution in [0.4, 0.5) is 5.13 Å². The summed E-state index contributed by atoms with van der Waals surface area (Å²) in [6.45, 7) is 1.20. The van der Waals surface area contributed by atoms with E-state index in [2.05, 4.69) is 4.98 Å². The zero-order chi connectivity index (χ0) is 13.4. The van der Waals surface area contributed by atoms with Crippen molar-refractivity contribution in [3.05, 3.63) is 18.2 Å². The second-order valence-corrected chi connectivity index (χ2v) is 5.62. The first-order chi connectivity index (χ1) is 9.22. The topological polar surface area (TPSA) is 68.5 Å². The van der Waals surface area contributed by atoms with Gasteiger partial charge in [0, 0.05) is 13.0 Å². The van der Waals surface area contributed by atoms with Crippen LogP contribution in [0.1, 0.15) is 6.42 Å². The molecule has 1 atom stereocenters. The van der Waals surface area contributed by atoms with Crippen LogP contribution in [0.5, 0.6) is 5.75 Å². The highest BCUT2D eigenvalue weighted by atomic mass is 32.1. The Labute approximate surface area is 115 Å². The highest BCUT2D eigenvalue weighted by Gasteiger charge is 2.31. The number of ether oxygens (including phenoxy) is 1. The average molecular weight is 277 g/mol. The average Bonchev–Trinajstić information content (AvgIpc) is 3.00. The summed E-state index contributed by atoms with van der Waals surface area (Å²) < 4.78 is 6.32. The molecule has 2 heterocycles. The SMILES string of the molecule is COc1cccc2sc(N3CC(CN)CC3=O)nc12. The van der Waals surface area contributed by atoms with Gasteiger partial charge in [0.25, 0.3) is 0 Å². The Balaban J connectivity index is 2.00. The van der Waals surface area contributed by atoms with Crippen molar-refractivity contribution < 1.29 is 9.53 Å². The number of carbonyl (C=O) groups is 1. The van der Waals surface area contributed by atoms with E-state index >= 15 is 0 Å². The number of hydrogen-bond donors (Lipinski definition) is 1. The van der Waals surface area contributed by atoms with Crippen LogP contribution in [0.15, 0.2) is 18.2 Å². The highest BCUT2D eigenvalue weighted by Crippen LogP contribution is 2.36. The van der Waals surface area contributed by atoms with Gasteiger partial charge in [-0.05, 0) is 24.6 Å². The lowest BCUT2D eigenvalue weighted by Crippen LogP contribution is -2.25. The Morgan fingerprint density at radius 3 is 3.11 bits per heavy atom. The minimum atomic E-state index is 0.105. The Morgan fingerprint density at radius 1 is 1.58 bits per heavy atom. The number of para-hydroxylation sites is 1. The summed E-state index contributed by atoms with van der Waals surface area (Å²) in [5, 5.41) is 0.737. The molecule has 1 aromatic carbocycles. The van der Waals surface area contributed by atoms with Gasteiger partial charge in [-0.25, -0.2) is 4.98 Å². The van der Waals surface area contributed by atoms with Crippen molar-refractivity contribution in [2.75, 3.05) is 25.1 Å². The summed E-state index contributed by atoms with van der Waals surface area (Å²) in [5.74, 6) is 1.08. The Hall–Kier alpha value is -1.66. The number of benzene rings is 1. The molecule has 1 aliphatic rings. The Kier molecular flexibility index (Phi) is 3.12. The van der Waals surface area contributed by atoms with Crippen molar-refractivity contribution >= 4 is 32.6 Å². The Morgan fingerprint density at radius 2 is 2.42 bits per heavy atom. The Bertz CT molecular complexity index is 625. The summed E-state index contributed by atoms with van der Waals surface area (Å²) in [6, 6.07) is 5.79. The van der Waals surface area contributed by atoms with E-state index in [4.69, 9.17) is 10.5 Å². The van der Waals surface area contributed by atoms with Gasteiger partial charge in [-0.3, -0.25) is 9.69 Å². The lowest BCUT2D eigenvalue weighted by atomic mass is 10.1. The fourth-order valence-corrected chi connectivity index (χ4v) is 3.33. The number of methoxy groups -OCH3 is 1. The van der Waals surface area contributed by atoms with Crippen LogP contribution in [0.25, 0.3) is 10.2 Å². The van der Waals surface area contributed by atoms with E-state index in [9.17, 15) is 4.79 Å².